The number of carbonyl (C=O) groups is 3. The summed E-state index contributed by atoms with van der Waals surface area (Å²) in [6.45, 7) is 7.99. The molecule has 0 aliphatic rings. The highest BCUT2D eigenvalue weighted by atomic mass is 16.4. The lowest BCUT2D eigenvalue weighted by Crippen LogP contribution is -2.43. The fourth-order valence-corrected chi connectivity index (χ4v) is 1.57. The Morgan fingerprint density at radius 1 is 1.10 bits per heavy atom. The highest BCUT2D eigenvalue weighted by Crippen LogP contribution is 2.04. The number of carboxylic acid groups (broad SMARTS) is 1. The zero-order valence-corrected chi connectivity index (χ0v) is 13.3. The average Bonchev–Trinajstić information content (AvgIpc) is 2.31. The molecule has 0 heterocycles. The van der Waals surface area contributed by atoms with Gasteiger partial charge in [0.05, 0.1) is 5.92 Å². The van der Waals surface area contributed by atoms with Crippen molar-refractivity contribution in [1.82, 2.24) is 16.0 Å². The Balaban J connectivity index is 3.64. The second-order valence-corrected chi connectivity index (χ2v) is 6.11. The Hall–Kier alpha value is -1.79. The molecule has 4 N–H and O–H groups in total. The number of amides is 3. The van der Waals surface area contributed by atoms with Crippen molar-refractivity contribution < 1.29 is 19.5 Å². The van der Waals surface area contributed by atoms with E-state index in [1.165, 1.54) is 0 Å². The van der Waals surface area contributed by atoms with Crippen LogP contribution in [0.1, 0.15) is 47.0 Å². The number of aliphatic carboxylic acids is 1. The predicted molar refractivity (Wildman–Crippen MR) is 79.9 cm³/mol. The van der Waals surface area contributed by atoms with E-state index >= 15 is 0 Å². The lowest BCUT2D eigenvalue weighted by Gasteiger charge is -2.20. The van der Waals surface area contributed by atoms with Crippen LogP contribution in [0.4, 0.5) is 4.79 Å². The number of hydrogen-bond acceptors (Lipinski definition) is 3. The molecule has 3 amide bonds. The normalized spacial score (nSPS) is 12.4. The van der Waals surface area contributed by atoms with Gasteiger partial charge >= 0.3 is 12.0 Å². The summed E-state index contributed by atoms with van der Waals surface area (Å²) < 4.78 is 0. The third-order valence-electron chi connectivity index (χ3n) is 2.67. The van der Waals surface area contributed by atoms with Crippen molar-refractivity contribution in [3.63, 3.8) is 0 Å². The van der Waals surface area contributed by atoms with Gasteiger partial charge in [0.25, 0.3) is 0 Å². The molecule has 0 bridgehead atoms. The molecule has 0 aromatic rings. The van der Waals surface area contributed by atoms with E-state index in [1.807, 2.05) is 20.8 Å². The molecule has 0 rings (SSSR count). The minimum Gasteiger partial charge on any atom is -0.481 e. The minimum atomic E-state index is -0.829. The monoisotopic (exact) mass is 301 g/mol. The SMILES string of the molecule is CC(CCCNC(=O)NCCC(=O)NC(C)(C)C)C(=O)O. The molecule has 7 heteroatoms. The number of urea groups is 1. The third-order valence-corrected chi connectivity index (χ3v) is 2.67. The number of nitrogens with one attached hydrogen (secondary N) is 3. The van der Waals surface area contributed by atoms with Crippen LogP contribution >= 0.6 is 0 Å². The van der Waals surface area contributed by atoms with Gasteiger partial charge in [-0.05, 0) is 33.6 Å². The predicted octanol–water partition coefficient (Wildman–Crippen LogP) is 1.09. The maximum Gasteiger partial charge on any atom is 0.314 e. The van der Waals surface area contributed by atoms with Gasteiger partial charge in [0, 0.05) is 25.0 Å². The van der Waals surface area contributed by atoms with E-state index in [1.54, 1.807) is 6.92 Å². The van der Waals surface area contributed by atoms with Crippen LogP contribution in [0.2, 0.25) is 0 Å². The average molecular weight is 301 g/mol. The molecule has 0 radical (unpaired) electrons. The quantitative estimate of drug-likeness (QED) is 0.503. The Morgan fingerprint density at radius 2 is 1.67 bits per heavy atom. The molecule has 0 spiro atoms. The number of carbonyl (C=O) groups excluding carboxylic acids is 2. The van der Waals surface area contributed by atoms with Gasteiger partial charge in [0.15, 0.2) is 0 Å². The molecular formula is C14H27N3O4. The summed E-state index contributed by atoms with van der Waals surface area (Å²) in [4.78, 5) is 33.5. The van der Waals surface area contributed by atoms with Gasteiger partial charge in [-0.1, -0.05) is 6.92 Å². The van der Waals surface area contributed by atoms with Crippen LogP contribution in [-0.2, 0) is 9.59 Å². The first kappa shape index (κ1) is 19.2. The van der Waals surface area contributed by atoms with Crippen LogP contribution in [-0.4, -0.2) is 41.6 Å². The fourth-order valence-electron chi connectivity index (χ4n) is 1.57. The zero-order chi connectivity index (χ0) is 16.5. The Morgan fingerprint density at radius 3 is 2.19 bits per heavy atom. The van der Waals surface area contributed by atoms with Gasteiger partial charge in [0.2, 0.25) is 5.91 Å². The molecule has 0 aliphatic heterocycles. The standard InChI is InChI=1S/C14H27N3O4/c1-10(12(19)20)6-5-8-15-13(21)16-9-7-11(18)17-14(2,3)4/h10H,5-9H2,1-4H3,(H,17,18)(H,19,20)(H2,15,16,21). The Kier molecular flexibility index (Phi) is 8.42. The van der Waals surface area contributed by atoms with Gasteiger partial charge in [-0.2, -0.15) is 0 Å². The van der Waals surface area contributed by atoms with Crippen molar-refractivity contribution in [3.05, 3.63) is 0 Å². The van der Waals surface area contributed by atoms with Crippen molar-refractivity contribution >= 4 is 17.9 Å². The van der Waals surface area contributed by atoms with Crippen molar-refractivity contribution in [2.45, 2.75) is 52.5 Å². The Bertz CT molecular complexity index is 364. The Labute approximate surface area is 125 Å². The first-order valence-electron chi connectivity index (χ1n) is 7.17. The second-order valence-electron chi connectivity index (χ2n) is 6.11. The van der Waals surface area contributed by atoms with Crippen LogP contribution in [0.15, 0.2) is 0 Å². The molecule has 122 valence electrons. The first-order valence-corrected chi connectivity index (χ1v) is 7.17. The maximum absolute atomic E-state index is 11.5. The fraction of sp³-hybridized carbons (Fsp3) is 0.786. The molecule has 0 aromatic heterocycles. The van der Waals surface area contributed by atoms with Gasteiger partial charge < -0.3 is 21.1 Å². The summed E-state index contributed by atoms with van der Waals surface area (Å²) >= 11 is 0. The summed E-state index contributed by atoms with van der Waals surface area (Å²) in [7, 11) is 0. The molecule has 0 saturated carbocycles. The summed E-state index contributed by atoms with van der Waals surface area (Å²) in [5.74, 6) is -1.35. The summed E-state index contributed by atoms with van der Waals surface area (Å²) in [6.07, 6.45) is 1.34. The molecule has 0 fully saturated rings. The van der Waals surface area contributed by atoms with E-state index in [-0.39, 0.29) is 30.4 Å². The van der Waals surface area contributed by atoms with Crippen LogP contribution < -0.4 is 16.0 Å². The van der Waals surface area contributed by atoms with Gasteiger partial charge in [-0.25, -0.2) is 4.79 Å². The van der Waals surface area contributed by atoms with E-state index in [9.17, 15) is 14.4 Å². The highest BCUT2D eigenvalue weighted by Gasteiger charge is 2.13. The van der Waals surface area contributed by atoms with Gasteiger partial charge in [-0.15, -0.1) is 0 Å². The van der Waals surface area contributed by atoms with Crippen LogP contribution in [0, 0.1) is 5.92 Å². The molecular weight excluding hydrogens is 274 g/mol. The van der Waals surface area contributed by atoms with Crippen LogP contribution in [0.5, 0.6) is 0 Å². The largest absolute Gasteiger partial charge is 0.481 e. The van der Waals surface area contributed by atoms with Crippen LogP contribution in [0.25, 0.3) is 0 Å². The maximum atomic E-state index is 11.5. The highest BCUT2D eigenvalue weighted by molar-refractivity contribution is 5.78. The third kappa shape index (κ3) is 11.7. The summed E-state index contributed by atoms with van der Waals surface area (Å²) in [5.41, 5.74) is -0.278. The number of carboxylic acids is 1. The smallest absolute Gasteiger partial charge is 0.314 e. The minimum absolute atomic E-state index is 0.113. The van der Waals surface area contributed by atoms with E-state index in [0.717, 1.165) is 0 Å². The first-order chi connectivity index (χ1) is 9.61. The topological polar surface area (TPSA) is 108 Å². The lowest BCUT2D eigenvalue weighted by molar-refractivity contribution is -0.141. The van der Waals surface area contributed by atoms with E-state index < -0.39 is 11.9 Å². The van der Waals surface area contributed by atoms with E-state index in [0.29, 0.717) is 19.4 Å². The molecule has 1 atom stereocenters. The van der Waals surface area contributed by atoms with E-state index in [4.69, 9.17) is 5.11 Å². The number of hydrogen-bond donors (Lipinski definition) is 4. The molecule has 0 aliphatic carbocycles. The molecule has 0 aromatic carbocycles. The van der Waals surface area contributed by atoms with Gasteiger partial charge in [-0.3, -0.25) is 9.59 Å². The van der Waals surface area contributed by atoms with Crippen molar-refractivity contribution in [2.24, 2.45) is 5.92 Å². The summed E-state index contributed by atoms with van der Waals surface area (Å²) in [5, 5.41) is 16.7. The van der Waals surface area contributed by atoms with Crippen molar-refractivity contribution in [3.8, 4) is 0 Å². The molecule has 7 nitrogen and oxygen atoms in total. The zero-order valence-electron chi connectivity index (χ0n) is 13.3. The molecule has 1 unspecified atom stereocenters. The van der Waals surface area contributed by atoms with Crippen molar-refractivity contribution in [1.29, 1.82) is 0 Å². The van der Waals surface area contributed by atoms with Gasteiger partial charge in [0.1, 0.15) is 0 Å². The second kappa shape index (κ2) is 9.20. The van der Waals surface area contributed by atoms with Crippen molar-refractivity contribution in [2.75, 3.05) is 13.1 Å². The van der Waals surface area contributed by atoms with Crippen LogP contribution in [0.3, 0.4) is 0 Å². The summed E-state index contributed by atoms with van der Waals surface area (Å²) in [6, 6.07) is -0.346. The molecule has 0 saturated heterocycles. The molecule has 21 heavy (non-hydrogen) atoms. The lowest BCUT2D eigenvalue weighted by atomic mass is 10.1. The number of rotatable bonds is 8. The van der Waals surface area contributed by atoms with E-state index in [2.05, 4.69) is 16.0 Å².